The first-order chi connectivity index (χ1) is 13.2. The van der Waals surface area contributed by atoms with Crippen LogP contribution in [0, 0.1) is 0 Å². The maximum absolute atomic E-state index is 13.0. The van der Waals surface area contributed by atoms with E-state index in [2.05, 4.69) is 0 Å². The molecule has 1 aromatic heterocycles. The molecule has 0 saturated carbocycles. The quantitative estimate of drug-likeness (QED) is 0.273. The van der Waals surface area contributed by atoms with E-state index in [-0.39, 0.29) is 6.47 Å². The fourth-order valence-electron chi connectivity index (χ4n) is 3.06. The molecule has 0 amide bonds. The van der Waals surface area contributed by atoms with Crippen molar-refractivity contribution in [2.75, 3.05) is 6.61 Å². The van der Waals surface area contributed by atoms with Crippen molar-refractivity contribution in [3.63, 3.8) is 0 Å². The Bertz CT molecular complexity index is 903. The van der Waals surface area contributed by atoms with Gasteiger partial charge in [-0.2, -0.15) is 0 Å². The molecule has 0 bridgehead atoms. The van der Waals surface area contributed by atoms with Crippen molar-refractivity contribution >= 4 is 24.0 Å². The van der Waals surface area contributed by atoms with Gasteiger partial charge in [-0.15, -0.1) is 0 Å². The minimum Gasteiger partial charge on any atom is -0.457 e. The monoisotopic (exact) mass is 398 g/mol. The number of H-pyrrole nitrogens is 1. The fraction of sp³-hybridized carbons (Fsp3) is 0.500. The number of esters is 1. The molecule has 12 nitrogen and oxygen atoms in total. The second-order valence-corrected chi connectivity index (χ2v) is 6.04. The predicted molar refractivity (Wildman–Crippen MR) is 88.1 cm³/mol. The molecule has 1 saturated heterocycles. The van der Waals surface area contributed by atoms with Gasteiger partial charge in [0.15, 0.2) is 18.0 Å². The molecular formula is C16H18N2O10. The minimum absolute atomic E-state index is 0.00560. The van der Waals surface area contributed by atoms with Crippen molar-refractivity contribution in [3.8, 4) is 0 Å². The highest BCUT2D eigenvalue weighted by Gasteiger charge is 2.64. The Kier molecular flexibility index (Phi) is 6.26. The van der Waals surface area contributed by atoms with E-state index < -0.39 is 65.8 Å². The highest BCUT2D eigenvalue weighted by Crippen LogP contribution is 2.40. The summed E-state index contributed by atoms with van der Waals surface area (Å²) in [6.07, 6.45) is -4.38. The number of aliphatic hydroxyl groups excluding tert-OH is 1. The zero-order valence-corrected chi connectivity index (χ0v) is 14.9. The molecule has 0 aliphatic carbocycles. The number of ketones is 2. The van der Waals surface area contributed by atoms with Crippen LogP contribution in [0.1, 0.15) is 20.3 Å². The van der Waals surface area contributed by atoms with Gasteiger partial charge in [0.05, 0.1) is 13.0 Å². The fourth-order valence-corrected chi connectivity index (χ4v) is 3.06. The topological polar surface area (TPSA) is 171 Å². The van der Waals surface area contributed by atoms with Crippen molar-refractivity contribution in [2.45, 2.75) is 44.3 Å². The molecule has 1 fully saturated rings. The summed E-state index contributed by atoms with van der Waals surface area (Å²) in [5.41, 5.74) is -4.35. The number of hydrogen-bond donors (Lipinski definition) is 2. The number of ether oxygens (including phenoxy) is 3. The van der Waals surface area contributed by atoms with E-state index in [1.807, 2.05) is 4.98 Å². The van der Waals surface area contributed by atoms with Crippen LogP contribution in [0.4, 0.5) is 0 Å². The third-order valence-corrected chi connectivity index (χ3v) is 4.06. The first-order valence-electron chi connectivity index (χ1n) is 8.07. The molecule has 2 rings (SSSR count). The highest BCUT2D eigenvalue weighted by atomic mass is 16.7. The van der Waals surface area contributed by atoms with Gasteiger partial charge in [-0.25, -0.2) is 4.79 Å². The zero-order valence-electron chi connectivity index (χ0n) is 14.9. The van der Waals surface area contributed by atoms with Gasteiger partial charge in [0.25, 0.3) is 17.8 Å². The normalized spacial score (nSPS) is 26.5. The van der Waals surface area contributed by atoms with Gasteiger partial charge < -0.3 is 19.3 Å². The van der Waals surface area contributed by atoms with Crippen LogP contribution in [0.3, 0.4) is 0 Å². The standard InChI is InChI=1S/C16H18N2O10/c1-8(21)5-11(23)16(18-4-3-12(24)17-15(18)25)14(27-9(2)22)13(26-7-20)10(6-19)28-16/h3-4,7,10,13-14,19H,5-6H2,1-2H3,(H,17,24,25)/t10-,13-,14-,16-/m1/s1. The summed E-state index contributed by atoms with van der Waals surface area (Å²) in [6, 6.07) is 0.903. The number of nitrogens with one attached hydrogen (secondary N) is 1. The largest absolute Gasteiger partial charge is 0.457 e. The molecule has 0 unspecified atom stereocenters. The molecule has 2 heterocycles. The number of Topliss-reactive ketones (excluding diaryl/α,β-unsaturated/α-hetero) is 2. The molecule has 4 atom stereocenters. The Morgan fingerprint density at radius 1 is 1.36 bits per heavy atom. The predicted octanol–water partition coefficient (Wildman–Crippen LogP) is -2.40. The number of hydrogen-bond acceptors (Lipinski definition) is 10. The smallest absolute Gasteiger partial charge is 0.331 e. The zero-order chi connectivity index (χ0) is 21.1. The number of carbonyl (C=O) groups is 4. The minimum atomic E-state index is -2.46. The van der Waals surface area contributed by atoms with Crippen LogP contribution in [0.25, 0.3) is 0 Å². The van der Waals surface area contributed by atoms with Gasteiger partial charge in [0.2, 0.25) is 0 Å². The van der Waals surface area contributed by atoms with E-state index in [4.69, 9.17) is 14.2 Å². The van der Waals surface area contributed by atoms with Gasteiger partial charge >= 0.3 is 11.7 Å². The second kappa shape index (κ2) is 8.27. The number of carbonyl (C=O) groups excluding carboxylic acids is 4. The van der Waals surface area contributed by atoms with Crippen LogP contribution < -0.4 is 11.2 Å². The van der Waals surface area contributed by atoms with E-state index in [0.29, 0.717) is 4.57 Å². The lowest BCUT2D eigenvalue weighted by Crippen LogP contribution is -2.58. The lowest BCUT2D eigenvalue weighted by atomic mass is 9.94. The maximum atomic E-state index is 13.0. The molecule has 0 radical (unpaired) electrons. The van der Waals surface area contributed by atoms with Gasteiger partial charge in [0.1, 0.15) is 11.9 Å². The number of aliphatic hydroxyl groups is 1. The number of rotatable bonds is 8. The van der Waals surface area contributed by atoms with Crippen LogP contribution in [0.2, 0.25) is 0 Å². The Balaban J connectivity index is 2.79. The average molecular weight is 398 g/mol. The van der Waals surface area contributed by atoms with Crippen molar-refractivity contribution in [2.24, 2.45) is 0 Å². The van der Waals surface area contributed by atoms with Crippen molar-refractivity contribution in [1.29, 1.82) is 0 Å². The van der Waals surface area contributed by atoms with Crippen LogP contribution in [0.15, 0.2) is 21.9 Å². The van der Waals surface area contributed by atoms with Crippen molar-refractivity contribution in [3.05, 3.63) is 33.1 Å². The third-order valence-electron chi connectivity index (χ3n) is 4.06. The Labute approximate surface area is 157 Å². The number of aromatic nitrogens is 2. The van der Waals surface area contributed by atoms with Crippen LogP contribution in [-0.2, 0) is 39.1 Å². The summed E-state index contributed by atoms with van der Waals surface area (Å²) in [5, 5.41) is 9.59. The van der Waals surface area contributed by atoms with Gasteiger partial charge in [0, 0.05) is 19.2 Å². The van der Waals surface area contributed by atoms with Gasteiger partial charge in [-0.05, 0) is 6.92 Å². The lowest BCUT2D eigenvalue weighted by molar-refractivity contribution is -0.188. The summed E-state index contributed by atoms with van der Waals surface area (Å²) >= 11 is 0. The van der Waals surface area contributed by atoms with Crippen molar-refractivity contribution < 1.29 is 38.5 Å². The van der Waals surface area contributed by atoms with E-state index in [1.165, 1.54) is 0 Å². The Hall–Kier alpha value is -3.12. The average Bonchev–Trinajstić information content (AvgIpc) is 2.89. The van der Waals surface area contributed by atoms with Gasteiger partial charge in [-0.1, -0.05) is 0 Å². The summed E-state index contributed by atoms with van der Waals surface area (Å²) in [4.78, 5) is 72.8. The number of nitrogens with zero attached hydrogens (tertiary/aromatic N) is 1. The highest BCUT2D eigenvalue weighted by molar-refractivity contribution is 6.01. The summed E-state index contributed by atoms with van der Waals surface area (Å²) in [5.74, 6) is -2.51. The van der Waals surface area contributed by atoms with Crippen molar-refractivity contribution in [1.82, 2.24) is 9.55 Å². The van der Waals surface area contributed by atoms with E-state index in [9.17, 15) is 33.9 Å². The molecule has 0 aromatic carbocycles. The summed E-state index contributed by atoms with van der Waals surface area (Å²) in [6.45, 7) is 1.33. The molecular weight excluding hydrogens is 380 g/mol. The molecule has 1 aliphatic heterocycles. The van der Waals surface area contributed by atoms with Crippen LogP contribution in [-0.4, -0.2) is 63.6 Å². The molecule has 2 N–H and O–H groups in total. The molecule has 0 spiro atoms. The number of aromatic amines is 1. The maximum Gasteiger partial charge on any atom is 0.331 e. The first-order valence-corrected chi connectivity index (χ1v) is 8.07. The van der Waals surface area contributed by atoms with E-state index in [0.717, 1.165) is 26.1 Å². The molecule has 152 valence electrons. The third kappa shape index (κ3) is 3.77. The molecule has 1 aromatic rings. The van der Waals surface area contributed by atoms with E-state index in [1.54, 1.807) is 0 Å². The second-order valence-electron chi connectivity index (χ2n) is 6.04. The van der Waals surface area contributed by atoms with Gasteiger partial charge in [-0.3, -0.25) is 33.5 Å². The summed E-state index contributed by atoms with van der Waals surface area (Å²) in [7, 11) is 0. The van der Waals surface area contributed by atoms with Crippen LogP contribution in [0.5, 0.6) is 0 Å². The van der Waals surface area contributed by atoms with E-state index >= 15 is 0 Å². The Morgan fingerprint density at radius 3 is 2.54 bits per heavy atom. The first kappa shape index (κ1) is 21.2. The summed E-state index contributed by atoms with van der Waals surface area (Å²) < 4.78 is 16.2. The Morgan fingerprint density at radius 2 is 2.04 bits per heavy atom. The van der Waals surface area contributed by atoms with Crippen LogP contribution >= 0.6 is 0 Å². The molecule has 12 heteroatoms. The molecule has 28 heavy (non-hydrogen) atoms. The SMILES string of the molecule is CC(=O)CC(=O)[C@@]1(n2ccc(=O)[nH]c2=O)O[C@H](CO)[C@@H](OC=O)[C@H]1OC(C)=O. The lowest BCUT2D eigenvalue weighted by Gasteiger charge is -2.33. The molecule has 1 aliphatic rings.